The van der Waals surface area contributed by atoms with Gasteiger partial charge in [-0.15, -0.1) is 0 Å². The Hall–Kier alpha value is -3.05. The molecule has 1 amide bonds. The molecule has 144 valence electrons. The van der Waals surface area contributed by atoms with Crippen molar-refractivity contribution in [2.75, 3.05) is 19.6 Å². The second-order valence-electron chi connectivity index (χ2n) is 6.81. The number of rotatable bonds is 3. The number of alkyl halides is 2. The molecule has 0 spiro atoms. The summed E-state index contributed by atoms with van der Waals surface area (Å²) in [6.45, 7) is -0.309. The zero-order valence-electron chi connectivity index (χ0n) is 14.7. The minimum absolute atomic E-state index is 0.245. The number of amides is 1. The number of alkyl carbamates (subject to hydrolysis) is 1. The maximum Gasteiger partial charge on any atom is 0.408 e. The van der Waals surface area contributed by atoms with E-state index >= 15 is 0 Å². The van der Waals surface area contributed by atoms with E-state index in [1.165, 1.54) is 12.1 Å². The molecule has 4 rings (SSSR count). The van der Waals surface area contributed by atoms with Gasteiger partial charge in [0.25, 0.3) is 5.92 Å². The lowest BCUT2D eigenvalue weighted by atomic mass is 9.97. The Kier molecular flexibility index (Phi) is 4.69. The molecular weight excluding hydrogens is 371 g/mol. The van der Waals surface area contributed by atoms with E-state index in [9.17, 15) is 18.0 Å². The highest BCUT2D eigenvalue weighted by atomic mass is 19.3. The van der Waals surface area contributed by atoms with E-state index in [4.69, 9.17) is 4.74 Å². The molecule has 1 aromatic carbocycles. The number of likely N-dealkylation sites (tertiary alicyclic amines) is 1. The topological polar surface area (TPSA) is 54.5 Å². The van der Waals surface area contributed by atoms with Gasteiger partial charge in [0, 0.05) is 18.0 Å². The molecule has 0 bridgehead atoms. The molecule has 2 atom stereocenters. The molecule has 2 aromatic rings. The van der Waals surface area contributed by atoms with Crippen LogP contribution in [0.5, 0.6) is 0 Å². The minimum Gasteiger partial charge on any atom is -0.439 e. The summed E-state index contributed by atoms with van der Waals surface area (Å²) >= 11 is 0. The summed E-state index contributed by atoms with van der Waals surface area (Å²) in [5, 5.41) is 2.70. The van der Waals surface area contributed by atoms with Crippen molar-refractivity contribution in [2.45, 2.75) is 18.1 Å². The molecule has 0 aliphatic carbocycles. The molecular formula is C20H16F3N3O2. The van der Waals surface area contributed by atoms with Gasteiger partial charge in [0.05, 0.1) is 19.6 Å². The van der Waals surface area contributed by atoms with Crippen molar-refractivity contribution in [1.29, 1.82) is 0 Å². The summed E-state index contributed by atoms with van der Waals surface area (Å²) < 4.78 is 44.5. The van der Waals surface area contributed by atoms with Crippen LogP contribution in [0.15, 0.2) is 42.7 Å². The van der Waals surface area contributed by atoms with Crippen LogP contribution in [0.3, 0.4) is 0 Å². The number of hydrogen-bond acceptors (Lipinski definition) is 4. The SMILES string of the molecule is O=C1NC(c2cncc(C#CCN3CC(F)(F)C3)c2)C(c2cccc(F)c2)O1. The molecule has 2 fully saturated rings. The maximum atomic E-state index is 13.6. The van der Waals surface area contributed by atoms with Crippen LogP contribution in [0.25, 0.3) is 0 Å². The van der Waals surface area contributed by atoms with E-state index < -0.39 is 30.0 Å². The normalized spacial score (nSPS) is 23.2. The third kappa shape index (κ3) is 3.94. The second-order valence-corrected chi connectivity index (χ2v) is 6.81. The molecule has 2 aliphatic heterocycles. The fourth-order valence-electron chi connectivity index (χ4n) is 3.29. The summed E-state index contributed by atoms with van der Waals surface area (Å²) in [6, 6.07) is 7.06. The highest BCUT2D eigenvalue weighted by molar-refractivity contribution is 5.71. The van der Waals surface area contributed by atoms with Gasteiger partial charge in [-0.2, -0.15) is 0 Å². The van der Waals surface area contributed by atoms with Gasteiger partial charge in [0.1, 0.15) is 11.9 Å². The molecule has 3 heterocycles. The van der Waals surface area contributed by atoms with Crippen molar-refractivity contribution in [3.05, 3.63) is 65.2 Å². The molecule has 2 saturated heterocycles. The van der Waals surface area contributed by atoms with E-state index in [-0.39, 0.29) is 19.6 Å². The van der Waals surface area contributed by atoms with Crippen molar-refractivity contribution in [1.82, 2.24) is 15.2 Å². The average molecular weight is 387 g/mol. The Morgan fingerprint density at radius 2 is 2.07 bits per heavy atom. The van der Waals surface area contributed by atoms with Crippen LogP contribution in [-0.2, 0) is 4.74 Å². The fraction of sp³-hybridized carbons (Fsp3) is 0.300. The van der Waals surface area contributed by atoms with E-state index in [0.29, 0.717) is 16.7 Å². The number of carbonyl (C=O) groups is 1. The van der Waals surface area contributed by atoms with Gasteiger partial charge in [-0.05, 0) is 29.3 Å². The number of nitrogens with one attached hydrogen (secondary N) is 1. The number of ether oxygens (including phenoxy) is 1. The molecule has 0 saturated carbocycles. The average Bonchev–Trinajstić information content (AvgIpc) is 3.02. The Morgan fingerprint density at radius 3 is 2.82 bits per heavy atom. The Bertz CT molecular complexity index is 962. The van der Waals surface area contributed by atoms with Crippen molar-refractivity contribution in [3.8, 4) is 11.8 Å². The molecule has 2 aliphatic rings. The smallest absolute Gasteiger partial charge is 0.408 e. The van der Waals surface area contributed by atoms with Gasteiger partial charge in [-0.3, -0.25) is 9.88 Å². The monoisotopic (exact) mass is 387 g/mol. The van der Waals surface area contributed by atoms with Crippen molar-refractivity contribution in [3.63, 3.8) is 0 Å². The van der Waals surface area contributed by atoms with E-state index in [1.807, 2.05) is 0 Å². The first-order valence-corrected chi connectivity index (χ1v) is 8.66. The largest absolute Gasteiger partial charge is 0.439 e. The fourth-order valence-corrected chi connectivity index (χ4v) is 3.29. The van der Waals surface area contributed by atoms with Gasteiger partial charge >= 0.3 is 6.09 Å². The third-order valence-electron chi connectivity index (χ3n) is 4.55. The predicted octanol–water partition coefficient (Wildman–Crippen LogP) is 3.05. The van der Waals surface area contributed by atoms with Crippen molar-refractivity contribution in [2.24, 2.45) is 0 Å². The summed E-state index contributed by atoms with van der Waals surface area (Å²) in [5.74, 6) is 2.71. The highest BCUT2D eigenvalue weighted by Crippen LogP contribution is 2.36. The maximum absolute atomic E-state index is 13.6. The summed E-state index contributed by atoms with van der Waals surface area (Å²) in [7, 11) is 0. The van der Waals surface area contributed by atoms with Crippen molar-refractivity contribution < 1.29 is 22.7 Å². The number of cyclic esters (lactones) is 1. The first-order chi connectivity index (χ1) is 13.4. The van der Waals surface area contributed by atoms with Crippen LogP contribution in [0.2, 0.25) is 0 Å². The molecule has 2 unspecified atom stereocenters. The van der Waals surface area contributed by atoms with Gasteiger partial charge in [0.2, 0.25) is 0 Å². The number of pyridine rings is 1. The van der Waals surface area contributed by atoms with Crippen molar-refractivity contribution >= 4 is 6.09 Å². The van der Waals surface area contributed by atoms with Gasteiger partial charge < -0.3 is 10.1 Å². The Morgan fingerprint density at radius 1 is 1.25 bits per heavy atom. The highest BCUT2D eigenvalue weighted by Gasteiger charge is 2.43. The first kappa shape index (κ1) is 18.3. The van der Waals surface area contributed by atoms with Crippen LogP contribution in [0.4, 0.5) is 18.0 Å². The molecule has 8 heteroatoms. The number of aromatic nitrogens is 1. The Balaban J connectivity index is 1.51. The standard InChI is InChI=1S/C20H16F3N3O2/c21-16-5-1-4-14(8-16)18-17(25-19(27)28-18)15-7-13(9-24-10-15)3-2-6-26-11-20(22,23)12-26/h1,4-5,7-10,17-18H,6,11-12H2,(H,25,27). The predicted molar refractivity (Wildman–Crippen MR) is 94.0 cm³/mol. The lowest BCUT2D eigenvalue weighted by Gasteiger charge is -2.37. The number of benzene rings is 1. The van der Waals surface area contributed by atoms with Crippen LogP contribution in [0, 0.1) is 17.7 Å². The summed E-state index contributed by atoms with van der Waals surface area (Å²) in [6.07, 6.45) is 1.83. The number of nitrogens with zero attached hydrogens (tertiary/aromatic N) is 2. The number of halogens is 3. The molecule has 1 aromatic heterocycles. The summed E-state index contributed by atoms with van der Waals surface area (Å²) in [5.41, 5.74) is 1.77. The van der Waals surface area contributed by atoms with E-state index in [2.05, 4.69) is 22.1 Å². The van der Waals surface area contributed by atoms with Gasteiger partial charge in [-0.25, -0.2) is 18.0 Å². The number of carbonyl (C=O) groups excluding carboxylic acids is 1. The van der Waals surface area contributed by atoms with Crippen LogP contribution in [0.1, 0.15) is 28.8 Å². The van der Waals surface area contributed by atoms with Gasteiger partial charge in [0.15, 0.2) is 6.10 Å². The second kappa shape index (κ2) is 7.17. The third-order valence-corrected chi connectivity index (χ3v) is 4.55. The molecule has 5 nitrogen and oxygen atoms in total. The lowest BCUT2D eigenvalue weighted by molar-refractivity contribution is -0.125. The van der Waals surface area contributed by atoms with E-state index in [0.717, 1.165) is 0 Å². The van der Waals surface area contributed by atoms with Crippen LogP contribution in [-0.4, -0.2) is 41.5 Å². The quantitative estimate of drug-likeness (QED) is 0.823. The molecule has 28 heavy (non-hydrogen) atoms. The van der Waals surface area contributed by atoms with Gasteiger partial charge in [-0.1, -0.05) is 24.0 Å². The first-order valence-electron chi connectivity index (χ1n) is 8.66. The van der Waals surface area contributed by atoms with Crippen LogP contribution < -0.4 is 5.32 Å². The zero-order valence-corrected chi connectivity index (χ0v) is 14.7. The zero-order chi connectivity index (χ0) is 19.7. The van der Waals surface area contributed by atoms with Crippen LogP contribution >= 0.6 is 0 Å². The minimum atomic E-state index is -2.62. The summed E-state index contributed by atoms with van der Waals surface area (Å²) in [4.78, 5) is 17.5. The lowest BCUT2D eigenvalue weighted by Crippen LogP contribution is -2.55. The molecule has 1 N–H and O–H groups in total. The number of hydrogen-bond donors (Lipinski definition) is 1. The van der Waals surface area contributed by atoms with E-state index in [1.54, 1.807) is 35.5 Å². The Labute approximate surface area is 159 Å². The molecule has 0 radical (unpaired) electrons.